The highest BCUT2D eigenvalue weighted by molar-refractivity contribution is 7.98. The molecule has 28 heavy (non-hydrogen) atoms. The lowest BCUT2D eigenvalue weighted by Gasteiger charge is -1.96. The molecule has 0 aliphatic rings. The van der Waals surface area contributed by atoms with E-state index in [1.807, 2.05) is 60.1 Å². The molecule has 5 aromatic rings. The van der Waals surface area contributed by atoms with Crippen LogP contribution in [0.5, 0.6) is 0 Å². The van der Waals surface area contributed by atoms with Crippen LogP contribution in [0.1, 0.15) is 5.69 Å². The van der Waals surface area contributed by atoms with Crippen molar-refractivity contribution >= 4 is 45.6 Å². The summed E-state index contributed by atoms with van der Waals surface area (Å²) in [6.45, 7) is 0. The number of rotatable bonds is 5. The van der Waals surface area contributed by atoms with Crippen molar-refractivity contribution in [3.63, 3.8) is 0 Å². The summed E-state index contributed by atoms with van der Waals surface area (Å²) in [5.74, 6) is 1.18. The van der Waals surface area contributed by atoms with Crippen molar-refractivity contribution in [3.05, 3.63) is 70.8 Å². The molecule has 0 spiro atoms. The summed E-state index contributed by atoms with van der Waals surface area (Å²) in [7, 11) is 0. The third-order valence-electron chi connectivity index (χ3n) is 4.21. The van der Waals surface area contributed by atoms with Gasteiger partial charge in [0.05, 0.1) is 11.3 Å². The van der Waals surface area contributed by atoms with Crippen molar-refractivity contribution in [2.75, 3.05) is 0 Å². The van der Waals surface area contributed by atoms with E-state index >= 15 is 0 Å². The molecule has 5 rings (SSSR count). The van der Waals surface area contributed by atoms with Crippen molar-refractivity contribution in [1.82, 2.24) is 20.2 Å². The van der Waals surface area contributed by atoms with Gasteiger partial charge in [0.25, 0.3) is 11.1 Å². The predicted octanol–water partition coefficient (Wildman–Crippen LogP) is 6.29. The average molecular weight is 425 g/mol. The molecule has 2 aromatic carbocycles. The molecular weight excluding hydrogens is 412 g/mol. The van der Waals surface area contributed by atoms with E-state index in [4.69, 9.17) is 16.0 Å². The molecule has 138 valence electrons. The summed E-state index contributed by atoms with van der Waals surface area (Å²) in [5, 5.41) is 13.7. The highest BCUT2D eigenvalue weighted by Gasteiger charge is 2.14. The van der Waals surface area contributed by atoms with E-state index in [0.717, 1.165) is 37.8 Å². The summed E-state index contributed by atoms with van der Waals surface area (Å²) in [6, 6.07) is 15.7. The second-order valence-corrected chi connectivity index (χ2v) is 8.28. The summed E-state index contributed by atoms with van der Waals surface area (Å²) in [6.07, 6.45) is 1.89. The first-order chi connectivity index (χ1) is 13.8. The Hall–Kier alpha value is -2.61. The standard InChI is InChI=1S/C20H13ClN4OS2/c21-13-7-5-12(6-8-13)19-23-14(10-27-19)11-28-20-25-24-18(26-20)16-9-22-17-4-2-1-3-15(16)17/h1-10,22H,11H2. The van der Waals surface area contributed by atoms with Crippen molar-refractivity contribution in [2.24, 2.45) is 0 Å². The van der Waals surface area contributed by atoms with Crippen molar-refractivity contribution in [1.29, 1.82) is 0 Å². The lowest BCUT2D eigenvalue weighted by Crippen LogP contribution is -1.82. The maximum absolute atomic E-state index is 5.95. The fraction of sp³-hybridized carbons (Fsp3) is 0.0500. The summed E-state index contributed by atoms with van der Waals surface area (Å²) >= 11 is 9.04. The Labute approximate surface area is 173 Å². The number of fused-ring (bicyclic) bond motifs is 1. The van der Waals surface area contributed by atoms with E-state index in [2.05, 4.69) is 20.2 Å². The molecule has 0 bridgehead atoms. The normalized spacial score (nSPS) is 11.3. The zero-order valence-electron chi connectivity index (χ0n) is 14.4. The fourth-order valence-electron chi connectivity index (χ4n) is 2.86. The minimum Gasteiger partial charge on any atom is -0.411 e. The number of hydrogen-bond donors (Lipinski definition) is 1. The minimum atomic E-state index is 0.514. The number of halogens is 1. The van der Waals surface area contributed by atoms with Crippen LogP contribution in [0.25, 0.3) is 32.9 Å². The molecule has 0 unspecified atom stereocenters. The lowest BCUT2D eigenvalue weighted by molar-refractivity contribution is 0.466. The maximum Gasteiger partial charge on any atom is 0.277 e. The van der Waals surface area contributed by atoms with Crippen molar-refractivity contribution < 1.29 is 4.42 Å². The van der Waals surface area contributed by atoms with Crippen LogP contribution in [0.2, 0.25) is 5.02 Å². The molecule has 0 radical (unpaired) electrons. The van der Waals surface area contributed by atoms with Gasteiger partial charge >= 0.3 is 0 Å². The van der Waals surface area contributed by atoms with E-state index in [1.165, 1.54) is 11.8 Å². The number of para-hydroxylation sites is 1. The Morgan fingerprint density at radius 2 is 1.93 bits per heavy atom. The second kappa shape index (κ2) is 7.43. The van der Waals surface area contributed by atoms with Crippen molar-refractivity contribution in [3.8, 4) is 22.0 Å². The maximum atomic E-state index is 5.95. The second-order valence-electron chi connectivity index (χ2n) is 6.06. The topological polar surface area (TPSA) is 67.6 Å². The van der Waals surface area contributed by atoms with Crippen LogP contribution in [0.4, 0.5) is 0 Å². The predicted molar refractivity (Wildman–Crippen MR) is 114 cm³/mol. The van der Waals surface area contributed by atoms with E-state index in [1.54, 1.807) is 11.3 Å². The summed E-state index contributed by atoms with van der Waals surface area (Å²) in [5.41, 5.74) is 3.99. The van der Waals surface area contributed by atoms with Gasteiger partial charge in [-0.2, -0.15) is 0 Å². The van der Waals surface area contributed by atoms with E-state index < -0.39 is 0 Å². The first-order valence-electron chi connectivity index (χ1n) is 8.49. The Morgan fingerprint density at radius 1 is 1.07 bits per heavy atom. The Balaban J connectivity index is 1.30. The number of thioether (sulfide) groups is 1. The smallest absolute Gasteiger partial charge is 0.277 e. The molecule has 3 aromatic heterocycles. The fourth-order valence-corrected chi connectivity index (χ4v) is 4.57. The Morgan fingerprint density at radius 3 is 2.82 bits per heavy atom. The third-order valence-corrected chi connectivity index (χ3v) is 6.26. The molecule has 8 heteroatoms. The lowest BCUT2D eigenvalue weighted by atomic mass is 10.2. The molecule has 0 amide bonds. The van der Waals surface area contributed by atoms with Gasteiger partial charge in [-0.25, -0.2) is 4.98 Å². The quantitative estimate of drug-likeness (QED) is 0.336. The third kappa shape index (κ3) is 3.44. The van der Waals surface area contributed by atoms with Crippen LogP contribution in [-0.4, -0.2) is 20.2 Å². The monoisotopic (exact) mass is 424 g/mol. The largest absolute Gasteiger partial charge is 0.411 e. The minimum absolute atomic E-state index is 0.514. The molecule has 0 aliphatic heterocycles. The van der Waals surface area contributed by atoms with Crippen LogP contribution >= 0.6 is 34.7 Å². The van der Waals surface area contributed by atoms with Gasteiger partial charge in [-0.1, -0.05) is 53.7 Å². The number of nitrogens with one attached hydrogen (secondary N) is 1. The van der Waals surface area contributed by atoms with Gasteiger partial charge in [-0.3, -0.25) is 0 Å². The molecule has 0 atom stereocenters. The number of hydrogen-bond acceptors (Lipinski definition) is 6. The number of H-pyrrole nitrogens is 1. The molecule has 5 nitrogen and oxygen atoms in total. The molecule has 0 fully saturated rings. The molecule has 3 heterocycles. The van der Waals surface area contributed by atoms with Crippen LogP contribution in [-0.2, 0) is 5.75 Å². The summed E-state index contributed by atoms with van der Waals surface area (Å²) < 4.78 is 5.84. The summed E-state index contributed by atoms with van der Waals surface area (Å²) in [4.78, 5) is 7.91. The number of benzene rings is 2. The number of nitrogens with zero attached hydrogens (tertiary/aromatic N) is 3. The molecule has 1 N–H and O–H groups in total. The first-order valence-corrected chi connectivity index (χ1v) is 10.7. The van der Waals surface area contributed by atoms with Crippen LogP contribution < -0.4 is 0 Å². The molecule has 0 aliphatic carbocycles. The number of aromatic nitrogens is 4. The van der Waals surface area contributed by atoms with E-state index in [0.29, 0.717) is 16.9 Å². The zero-order chi connectivity index (χ0) is 18.9. The van der Waals surface area contributed by atoms with Gasteiger partial charge in [0.15, 0.2) is 0 Å². The van der Waals surface area contributed by atoms with Crippen LogP contribution in [0.15, 0.2) is 69.7 Å². The number of aromatic amines is 1. The Kier molecular flexibility index (Phi) is 4.64. The zero-order valence-corrected chi connectivity index (χ0v) is 16.8. The van der Waals surface area contributed by atoms with E-state index in [-0.39, 0.29) is 0 Å². The molecule has 0 saturated carbocycles. The molecular formula is C20H13ClN4OS2. The molecule has 0 saturated heterocycles. The van der Waals surface area contributed by atoms with Gasteiger partial charge in [0.1, 0.15) is 5.01 Å². The highest BCUT2D eigenvalue weighted by atomic mass is 35.5. The Bertz CT molecular complexity index is 1240. The first kappa shape index (κ1) is 17.5. The highest BCUT2D eigenvalue weighted by Crippen LogP contribution is 2.31. The van der Waals surface area contributed by atoms with Crippen LogP contribution in [0.3, 0.4) is 0 Å². The van der Waals surface area contributed by atoms with Gasteiger partial charge in [-0.05, 0) is 18.2 Å². The SMILES string of the molecule is Clc1ccc(-c2nc(CSc3nnc(-c4c[nH]c5ccccc45)o3)cs2)cc1. The van der Waals surface area contributed by atoms with E-state index in [9.17, 15) is 0 Å². The number of thiazole rings is 1. The van der Waals surface area contributed by atoms with Crippen LogP contribution in [0, 0.1) is 0 Å². The van der Waals surface area contributed by atoms with Gasteiger partial charge in [0, 0.05) is 38.8 Å². The van der Waals surface area contributed by atoms with Gasteiger partial charge in [0.2, 0.25) is 0 Å². The average Bonchev–Trinajstić information content (AvgIpc) is 3.46. The van der Waals surface area contributed by atoms with Gasteiger partial charge < -0.3 is 9.40 Å². The van der Waals surface area contributed by atoms with Crippen molar-refractivity contribution in [2.45, 2.75) is 11.0 Å². The van der Waals surface area contributed by atoms with Gasteiger partial charge in [-0.15, -0.1) is 21.5 Å².